The van der Waals surface area contributed by atoms with Gasteiger partial charge in [0.15, 0.2) is 0 Å². The molecule has 0 radical (unpaired) electrons. The van der Waals surface area contributed by atoms with Crippen LogP contribution < -0.4 is 0 Å². The van der Waals surface area contributed by atoms with E-state index in [0.29, 0.717) is 0 Å². The fourth-order valence-electron chi connectivity index (χ4n) is 1.78. The van der Waals surface area contributed by atoms with Gasteiger partial charge in [-0.05, 0) is 0 Å². The number of aliphatic hydroxyl groups is 1. The van der Waals surface area contributed by atoms with Crippen LogP contribution in [0.25, 0.3) is 0 Å². The first kappa shape index (κ1) is 12.2. The van der Waals surface area contributed by atoms with Crippen molar-refractivity contribution in [2.75, 3.05) is 20.3 Å². The number of halogens is 1. The van der Waals surface area contributed by atoms with E-state index in [2.05, 4.69) is 0 Å². The molecule has 1 aliphatic heterocycles. The Morgan fingerprint density at radius 2 is 2.54 bits per heavy atom. The number of rotatable bonds is 5. The number of hydrogen-bond acceptors (Lipinski definition) is 3. The summed E-state index contributed by atoms with van der Waals surface area (Å²) in [6.45, 7) is 0.927. The monoisotopic (exact) mass is 396 g/mol. The van der Waals surface area contributed by atoms with Gasteiger partial charge in [-0.2, -0.15) is 0 Å². The van der Waals surface area contributed by atoms with E-state index in [1.807, 2.05) is 0 Å². The summed E-state index contributed by atoms with van der Waals surface area (Å²) in [5.74, 6) is 0.214. The van der Waals surface area contributed by atoms with E-state index in [1.54, 1.807) is 7.11 Å². The fourth-order valence-corrected chi connectivity index (χ4v) is 7.32. The molecule has 0 bridgehead atoms. The quantitative estimate of drug-likeness (QED) is 0.708. The van der Waals surface area contributed by atoms with Crippen LogP contribution in [0, 0.1) is 5.92 Å². The first-order chi connectivity index (χ1) is 6.33. The summed E-state index contributed by atoms with van der Waals surface area (Å²) in [6, 6.07) is 0. The Morgan fingerprint density at radius 3 is 3.08 bits per heavy atom. The molecule has 0 aromatic carbocycles. The summed E-state index contributed by atoms with van der Waals surface area (Å²) in [5, 5.41) is 9.17. The maximum absolute atomic E-state index is 9.17. The van der Waals surface area contributed by atoms with Crippen LogP contribution in [-0.2, 0) is 32.8 Å². The molecule has 0 spiro atoms. The average Bonchev–Trinajstić information content (AvgIpc) is 2.61. The molecule has 1 unspecified atom stereocenters. The molecule has 13 heavy (non-hydrogen) atoms. The van der Waals surface area contributed by atoms with Gasteiger partial charge in [0, 0.05) is 0 Å². The number of aliphatic hydroxyl groups excluding tert-OH is 1. The van der Waals surface area contributed by atoms with Crippen molar-refractivity contribution in [3.63, 3.8) is 0 Å². The molecule has 1 N–H and O–H groups in total. The molecule has 74 valence electrons. The Labute approximate surface area is 94.6 Å². The molecule has 0 saturated carbocycles. The molecule has 0 aromatic rings. The molecule has 0 aromatic heterocycles. The Morgan fingerprint density at radius 1 is 1.77 bits per heavy atom. The summed E-state index contributed by atoms with van der Waals surface area (Å²) in [6.07, 6.45) is 1.18. The van der Waals surface area contributed by atoms with Gasteiger partial charge in [0.25, 0.3) is 0 Å². The van der Waals surface area contributed by atoms with Crippen LogP contribution >= 0.6 is 8.25 Å². The van der Waals surface area contributed by atoms with Crippen molar-refractivity contribution in [2.45, 2.75) is 22.6 Å². The minimum absolute atomic E-state index is 0.0775. The summed E-state index contributed by atoms with van der Waals surface area (Å²) >= 11 is -1.19. The van der Waals surface area contributed by atoms with Gasteiger partial charge >= 0.3 is 95.0 Å². The van der Waals surface area contributed by atoms with Gasteiger partial charge in [-0.15, -0.1) is 0 Å². The van der Waals surface area contributed by atoms with Crippen molar-refractivity contribution >= 4 is 8.25 Å². The van der Waals surface area contributed by atoms with Crippen molar-refractivity contribution in [3.05, 3.63) is 0 Å². The number of ether oxygens (including phenoxy) is 2. The van der Waals surface area contributed by atoms with Gasteiger partial charge in [-0.1, -0.05) is 0 Å². The fraction of sp³-hybridized carbons (Fsp3) is 1.00. The predicted octanol–water partition coefficient (Wildman–Crippen LogP) is 1.05. The Bertz CT molecular complexity index is 147. The summed E-state index contributed by atoms with van der Waals surface area (Å²) in [5.41, 5.74) is 0. The van der Waals surface area contributed by atoms with E-state index in [0.717, 1.165) is 17.0 Å². The average molecular weight is 395 g/mol. The van der Waals surface area contributed by atoms with E-state index >= 15 is 0 Å². The van der Waals surface area contributed by atoms with Crippen LogP contribution in [0.5, 0.6) is 0 Å². The zero-order valence-electron chi connectivity index (χ0n) is 7.91. The normalized spacial score (nSPS) is 30.1. The predicted molar refractivity (Wildman–Crippen MR) is 46.4 cm³/mol. The van der Waals surface area contributed by atoms with E-state index in [9.17, 15) is 5.11 Å². The van der Waals surface area contributed by atoms with E-state index < -0.39 is 23.3 Å². The SMILES string of the molecule is CO[C@@H]1CCOC1[C@H](CO)[CH2][Hg][Cl]. The molecule has 3 atom stereocenters. The molecule has 5 heteroatoms. The van der Waals surface area contributed by atoms with Crippen LogP contribution in [-0.4, -0.2) is 37.6 Å². The van der Waals surface area contributed by atoms with Crippen molar-refractivity contribution in [1.82, 2.24) is 0 Å². The first-order valence-electron chi connectivity index (χ1n) is 4.64. The van der Waals surface area contributed by atoms with Gasteiger partial charge in [0.05, 0.1) is 0 Å². The van der Waals surface area contributed by atoms with Gasteiger partial charge in [0.2, 0.25) is 0 Å². The second-order valence-electron chi connectivity index (χ2n) is 3.32. The van der Waals surface area contributed by atoms with Crippen molar-refractivity contribution in [2.24, 2.45) is 5.92 Å². The third-order valence-electron chi connectivity index (χ3n) is 2.56. The van der Waals surface area contributed by atoms with Gasteiger partial charge in [-0.25, -0.2) is 0 Å². The van der Waals surface area contributed by atoms with E-state index in [1.165, 1.54) is 0 Å². The number of methoxy groups -OCH3 is 1. The Hall–Kier alpha value is 1.11. The molecule has 1 fully saturated rings. The Kier molecular flexibility index (Phi) is 6.15. The van der Waals surface area contributed by atoms with Crippen molar-refractivity contribution in [1.29, 1.82) is 0 Å². The molecule has 1 aliphatic rings. The zero-order chi connectivity index (χ0) is 9.68. The van der Waals surface area contributed by atoms with Crippen LogP contribution in [0.1, 0.15) is 6.42 Å². The standard InChI is InChI=1S/C8H15O3.ClH.Hg/c1-6(5-9)8-7(10-2)3-4-11-8;;/h6-9H,1,3-5H2,2H3;1H;/q;;+1/p-1/t6-,7+,8?;;/m0../s1. The minimum atomic E-state index is -1.19. The second kappa shape index (κ2) is 6.56. The van der Waals surface area contributed by atoms with Gasteiger partial charge in [0.1, 0.15) is 0 Å². The van der Waals surface area contributed by atoms with E-state index in [-0.39, 0.29) is 24.7 Å². The van der Waals surface area contributed by atoms with Crippen molar-refractivity contribution < 1.29 is 37.9 Å². The maximum atomic E-state index is 9.17. The summed E-state index contributed by atoms with van der Waals surface area (Å²) < 4.78 is 11.9. The molecular formula is C8H15ClHgO3. The summed E-state index contributed by atoms with van der Waals surface area (Å²) in [7, 11) is 7.56. The first-order valence-corrected chi connectivity index (χ1v) is 15.3. The molecular weight excluding hydrogens is 380 g/mol. The van der Waals surface area contributed by atoms with Crippen molar-refractivity contribution in [3.8, 4) is 0 Å². The summed E-state index contributed by atoms with van der Waals surface area (Å²) in [4.78, 5) is 0. The third-order valence-corrected chi connectivity index (χ3v) is 8.21. The van der Waals surface area contributed by atoms with E-state index in [4.69, 9.17) is 17.7 Å². The Balaban J connectivity index is 2.46. The second-order valence-corrected chi connectivity index (χ2v) is 10.3. The van der Waals surface area contributed by atoms with Crippen LogP contribution in [0.15, 0.2) is 0 Å². The van der Waals surface area contributed by atoms with Crippen LogP contribution in [0.3, 0.4) is 0 Å². The topological polar surface area (TPSA) is 38.7 Å². The van der Waals surface area contributed by atoms with Crippen LogP contribution in [0.4, 0.5) is 0 Å². The number of hydrogen-bond donors (Lipinski definition) is 1. The molecule has 0 aliphatic carbocycles. The molecule has 1 rings (SSSR count). The van der Waals surface area contributed by atoms with Gasteiger partial charge in [-0.3, -0.25) is 0 Å². The third kappa shape index (κ3) is 3.31. The molecule has 3 nitrogen and oxygen atoms in total. The zero-order valence-corrected chi connectivity index (χ0v) is 14.2. The van der Waals surface area contributed by atoms with Gasteiger partial charge < -0.3 is 0 Å². The molecule has 1 saturated heterocycles. The van der Waals surface area contributed by atoms with Crippen LogP contribution in [0.2, 0.25) is 3.93 Å². The molecule has 0 amide bonds. The molecule has 1 heterocycles.